The van der Waals surface area contributed by atoms with Gasteiger partial charge in [-0.3, -0.25) is 14.2 Å². The van der Waals surface area contributed by atoms with Crippen LogP contribution in [-0.4, -0.2) is 40.1 Å². The van der Waals surface area contributed by atoms with Gasteiger partial charge in [0, 0.05) is 33.9 Å². The summed E-state index contributed by atoms with van der Waals surface area (Å²) in [7, 11) is 4.73. The first-order valence-electron chi connectivity index (χ1n) is 7.04. The second-order valence-corrected chi connectivity index (χ2v) is 5.85. The number of rotatable bonds is 3. The van der Waals surface area contributed by atoms with E-state index in [2.05, 4.69) is 5.32 Å². The first-order valence-corrected chi connectivity index (χ1v) is 7.04. The zero-order chi connectivity index (χ0) is 15.7. The normalized spacial score (nSPS) is 21.5. The van der Waals surface area contributed by atoms with Crippen molar-refractivity contribution in [2.45, 2.75) is 13.5 Å². The van der Waals surface area contributed by atoms with Crippen LogP contribution in [0.2, 0.25) is 0 Å². The average Bonchev–Trinajstić information content (AvgIpc) is 2.87. The third-order valence-electron chi connectivity index (χ3n) is 4.14. The molecule has 1 aliphatic heterocycles. The molecule has 0 radical (unpaired) electrons. The lowest BCUT2D eigenvalue weighted by atomic mass is 9.97. The topological polar surface area (TPSA) is 76.3 Å². The second-order valence-electron chi connectivity index (χ2n) is 5.85. The summed E-state index contributed by atoms with van der Waals surface area (Å²) >= 11 is 0. The molecule has 0 aliphatic carbocycles. The predicted octanol–water partition coefficient (Wildman–Crippen LogP) is -1.10. The second kappa shape index (κ2) is 5.85. The van der Waals surface area contributed by atoms with Crippen molar-refractivity contribution in [1.29, 1.82) is 0 Å². The molecule has 1 aliphatic rings. The molecule has 0 bridgehead atoms. The van der Waals surface area contributed by atoms with Gasteiger partial charge in [0.15, 0.2) is 0 Å². The fourth-order valence-electron chi connectivity index (χ4n) is 2.75. The van der Waals surface area contributed by atoms with E-state index in [0.717, 1.165) is 11.1 Å². The molecule has 1 N–H and O–H groups in total. The SMILES string of the molecule is CC1CNCC1C(=O)N(C)Cc1cn(C)c(=O)n(C)c1=O. The Morgan fingerprint density at radius 2 is 2.05 bits per heavy atom. The highest BCUT2D eigenvalue weighted by Crippen LogP contribution is 2.18. The lowest BCUT2D eigenvalue weighted by molar-refractivity contribution is -0.135. The minimum absolute atomic E-state index is 0.0309. The van der Waals surface area contributed by atoms with Crippen LogP contribution in [0.5, 0.6) is 0 Å². The Labute approximate surface area is 123 Å². The third kappa shape index (κ3) is 2.92. The maximum atomic E-state index is 12.4. The zero-order valence-electron chi connectivity index (χ0n) is 12.9. The van der Waals surface area contributed by atoms with Crippen molar-refractivity contribution in [3.05, 3.63) is 32.6 Å². The standard InChI is InChI=1S/C14H22N4O3/c1-9-5-15-6-11(9)13(20)16(2)7-10-8-17(3)14(21)18(4)12(10)19/h8-9,11,15H,5-7H2,1-4H3. The molecule has 21 heavy (non-hydrogen) atoms. The molecule has 116 valence electrons. The van der Waals surface area contributed by atoms with Crippen LogP contribution in [0, 0.1) is 11.8 Å². The Morgan fingerprint density at radius 1 is 1.38 bits per heavy atom. The van der Waals surface area contributed by atoms with Crippen molar-refractivity contribution >= 4 is 5.91 Å². The summed E-state index contributed by atoms with van der Waals surface area (Å²) < 4.78 is 2.42. The van der Waals surface area contributed by atoms with Crippen molar-refractivity contribution in [3.63, 3.8) is 0 Å². The van der Waals surface area contributed by atoms with Gasteiger partial charge in [0.25, 0.3) is 5.56 Å². The Balaban J connectivity index is 2.20. The van der Waals surface area contributed by atoms with Crippen LogP contribution in [-0.2, 0) is 25.4 Å². The number of hydrogen-bond acceptors (Lipinski definition) is 4. The molecule has 0 spiro atoms. The summed E-state index contributed by atoms with van der Waals surface area (Å²) in [5.41, 5.74) is -0.282. The quantitative estimate of drug-likeness (QED) is 0.767. The van der Waals surface area contributed by atoms with E-state index in [1.807, 2.05) is 6.92 Å². The van der Waals surface area contributed by atoms with Gasteiger partial charge in [0.2, 0.25) is 5.91 Å². The summed E-state index contributed by atoms with van der Waals surface area (Å²) in [6.45, 7) is 3.77. The third-order valence-corrected chi connectivity index (χ3v) is 4.14. The van der Waals surface area contributed by atoms with E-state index in [4.69, 9.17) is 0 Å². The Kier molecular flexibility index (Phi) is 4.32. The summed E-state index contributed by atoms with van der Waals surface area (Å²) in [5, 5.41) is 3.20. The molecule has 1 amide bonds. The maximum Gasteiger partial charge on any atom is 0.330 e. The smallest absolute Gasteiger partial charge is 0.330 e. The van der Waals surface area contributed by atoms with Crippen LogP contribution in [0.1, 0.15) is 12.5 Å². The number of amides is 1. The maximum absolute atomic E-state index is 12.4. The van der Waals surface area contributed by atoms with Gasteiger partial charge < -0.3 is 14.8 Å². The molecule has 1 fully saturated rings. The molecule has 7 nitrogen and oxygen atoms in total. The summed E-state index contributed by atoms with van der Waals surface area (Å²) in [5.74, 6) is 0.276. The number of carbonyl (C=O) groups is 1. The largest absolute Gasteiger partial charge is 0.341 e. The Morgan fingerprint density at radius 3 is 2.62 bits per heavy atom. The highest BCUT2D eigenvalue weighted by Gasteiger charge is 2.31. The molecular weight excluding hydrogens is 272 g/mol. The molecule has 1 saturated heterocycles. The van der Waals surface area contributed by atoms with Gasteiger partial charge >= 0.3 is 5.69 Å². The number of aryl methyl sites for hydroxylation is 1. The van der Waals surface area contributed by atoms with Gasteiger partial charge in [-0.05, 0) is 12.5 Å². The predicted molar refractivity (Wildman–Crippen MR) is 78.9 cm³/mol. The highest BCUT2D eigenvalue weighted by molar-refractivity contribution is 5.79. The van der Waals surface area contributed by atoms with E-state index in [0.29, 0.717) is 18.0 Å². The number of hydrogen-bond donors (Lipinski definition) is 1. The minimum atomic E-state index is -0.369. The molecule has 2 rings (SSSR count). The molecule has 1 aromatic rings. The van der Waals surface area contributed by atoms with E-state index in [1.54, 1.807) is 19.0 Å². The van der Waals surface area contributed by atoms with E-state index in [1.165, 1.54) is 17.8 Å². The van der Waals surface area contributed by atoms with Gasteiger partial charge in [0.1, 0.15) is 0 Å². The van der Waals surface area contributed by atoms with Crippen molar-refractivity contribution in [2.24, 2.45) is 25.9 Å². The Bertz CT molecular complexity index is 661. The lowest BCUT2D eigenvalue weighted by Crippen LogP contribution is -2.41. The number of carbonyl (C=O) groups excluding carboxylic acids is 1. The molecule has 0 aromatic carbocycles. The van der Waals surface area contributed by atoms with E-state index in [-0.39, 0.29) is 29.6 Å². The van der Waals surface area contributed by atoms with Crippen molar-refractivity contribution in [2.75, 3.05) is 20.1 Å². The Hall–Kier alpha value is -1.89. The van der Waals surface area contributed by atoms with Crippen LogP contribution in [0.4, 0.5) is 0 Å². The number of nitrogens with zero attached hydrogens (tertiary/aromatic N) is 3. The average molecular weight is 294 g/mol. The van der Waals surface area contributed by atoms with E-state index < -0.39 is 0 Å². The molecule has 2 heterocycles. The fraction of sp³-hybridized carbons (Fsp3) is 0.643. The van der Waals surface area contributed by atoms with Gasteiger partial charge in [-0.25, -0.2) is 4.79 Å². The first-order chi connectivity index (χ1) is 9.82. The molecule has 2 atom stereocenters. The van der Waals surface area contributed by atoms with Gasteiger partial charge in [-0.2, -0.15) is 0 Å². The minimum Gasteiger partial charge on any atom is -0.341 e. The van der Waals surface area contributed by atoms with Crippen molar-refractivity contribution in [1.82, 2.24) is 19.4 Å². The van der Waals surface area contributed by atoms with Crippen LogP contribution < -0.4 is 16.6 Å². The van der Waals surface area contributed by atoms with Crippen LogP contribution in [0.3, 0.4) is 0 Å². The van der Waals surface area contributed by atoms with Gasteiger partial charge in [-0.1, -0.05) is 6.92 Å². The lowest BCUT2D eigenvalue weighted by Gasteiger charge is -2.23. The van der Waals surface area contributed by atoms with E-state index >= 15 is 0 Å². The highest BCUT2D eigenvalue weighted by atomic mass is 16.2. The zero-order valence-corrected chi connectivity index (χ0v) is 12.9. The summed E-state index contributed by atoms with van der Waals surface area (Å²) in [6.07, 6.45) is 1.50. The monoisotopic (exact) mass is 294 g/mol. The van der Waals surface area contributed by atoms with Crippen LogP contribution >= 0.6 is 0 Å². The molecule has 0 saturated carbocycles. The summed E-state index contributed by atoms with van der Waals surface area (Å²) in [4.78, 5) is 37.7. The molecular formula is C14H22N4O3. The molecule has 7 heteroatoms. The van der Waals surface area contributed by atoms with Crippen LogP contribution in [0.25, 0.3) is 0 Å². The number of nitrogens with one attached hydrogen (secondary N) is 1. The van der Waals surface area contributed by atoms with Crippen molar-refractivity contribution in [3.8, 4) is 0 Å². The van der Waals surface area contributed by atoms with Crippen molar-refractivity contribution < 1.29 is 4.79 Å². The van der Waals surface area contributed by atoms with E-state index in [9.17, 15) is 14.4 Å². The molecule has 2 unspecified atom stereocenters. The fourth-order valence-corrected chi connectivity index (χ4v) is 2.75. The van der Waals surface area contributed by atoms with Gasteiger partial charge in [-0.15, -0.1) is 0 Å². The van der Waals surface area contributed by atoms with Gasteiger partial charge in [0.05, 0.1) is 18.0 Å². The first kappa shape index (κ1) is 15.5. The summed E-state index contributed by atoms with van der Waals surface area (Å²) in [6, 6.07) is 0. The number of aromatic nitrogens is 2. The van der Waals surface area contributed by atoms with Crippen LogP contribution in [0.15, 0.2) is 15.8 Å². The molecule has 1 aromatic heterocycles.